The van der Waals surface area contributed by atoms with Crippen LogP contribution in [0.3, 0.4) is 0 Å². The number of carbonyl (C=O) groups excluding carboxylic acids is 1. The Labute approximate surface area is 134 Å². The number of H-pyrrole nitrogens is 1. The fourth-order valence-corrected chi connectivity index (χ4v) is 3.06. The largest absolute Gasteiger partial charge is 0.345 e. The van der Waals surface area contributed by atoms with Gasteiger partial charge in [0.15, 0.2) is 0 Å². The molecule has 2 aromatic heterocycles. The van der Waals surface area contributed by atoms with E-state index in [2.05, 4.69) is 20.3 Å². The summed E-state index contributed by atoms with van der Waals surface area (Å²) in [6, 6.07) is 3.22. The first-order chi connectivity index (χ1) is 11.1. The second kappa shape index (κ2) is 6.32. The van der Waals surface area contributed by atoms with E-state index in [0.29, 0.717) is 5.56 Å². The van der Waals surface area contributed by atoms with Crippen LogP contribution in [0, 0.1) is 0 Å². The minimum atomic E-state index is -0.168. The Morgan fingerprint density at radius 1 is 1.39 bits per heavy atom. The van der Waals surface area contributed by atoms with Gasteiger partial charge in [-0.25, -0.2) is 9.97 Å². The third kappa shape index (κ3) is 3.16. The van der Waals surface area contributed by atoms with Crippen molar-refractivity contribution < 1.29 is 4.79 Å². The number of amides is 1. The maximum absolute atomic E-state index is 12.7. The summed E-state index contributed by atoms with van der Waals surface area (Å²) in [5, 5.41) is 3.07. The topological polar surface area (TPSA) is 87.7 Å². The summed E-state index contributed by atoms with van der Waals surface area (Å²) < 4.78 is 0. The highest BCUT2D eigenvalue weighted by Crippen LogP contribution is 2.28. The van der Waals surface area contributed by atoms with Gasteiger partial charge in [0.25, 0.3) is 5.91 Å². The van der Waals surface area contributed by atoms with Crippen LogP contribution in [0.2, 0.25) is 0 Å². The van der Waals surface area contributed by atoms with Gasteiger partial charge < -0.3 is 10.3 Å². The Balaban J connectivity index is 1.87. The summed E-state index contributed by atoms with van der Waals surface area (Å²) in [4.78, 5) is 35.2. The van der Waals surface area contributed by atoms with Crippen molar-refractivity contribution in [1.29, 1.82) is 0 Å². The monoisotopic (exact) mass is 312 g/mol. The number of rotatable bonds is 3. The van der Waals surface area contributed by atoms with Crippen LogP contribution in [0.4, 0.5) is 0 Å². The molecule has 0 spiro atoms. The molecule has 2 N–H and O–H groups in total. The third-order valence-corrected chi connectivity index (χ3v) is 4.17. The normalized spacial score (nSPS) is 16.9. The summed E-state index contributed by atoms with van der Waals surface area (Å²) in [5.74, 6) is -0.0212. The molecule has 23 heavy (non-hydrogen) atoms. The first-order valence-corrected chi connectivity index (χ1v) is 7.89. The lowest BCUT2D eigenvalue weighted by Crippen LogP contribution is -2.33. The Kier molecular flexibility index (Phi) is 4.23. The summed E-state index contributed by atoms with van der Waals surface area (Å²) in [7, 11) is 0. The smallest absolute Gasteiger partial charge is 0.255 e. The number of nitrogens with one attached hydrogen (secondary N) is 2. The van der Waals surface area contributed by atoms with Crippen molar-refractivity contribution in [1.82, 2.24) is 20.3 Å². The quantitative estimate of drug-likeness (QED) is 0.908. The zero-order valence-electron chi connectivity index (χ0n) is 13.3. The van der Waals surface area contributed by atoms with Crippen LogP contribution < -0.4 is 10.9 Å². The van der Waals surface area contributed by atoms with Gasteiger partial charge in [-0.05, 0) is 36.8 Å². The number of aromatic amines is 1. The zero-order chi connectivity index (χ0) is 16.4. The third-order valence-electron chi connectivity index (χ3n) is 4.17. The predicted octanol–water partition coefficient (Wildman–Crippen LogP) is 2.10. The summed E-state index contributed by atoms with van der Waals surface area (Å²) in [5.41, 5.74) is 3.07. The van der Waals surface area contributed by atoms with E-state index in [0.717, 1.165) is 36.2 Å². The molecule has 2 heterocycles. The summed E-state index contributed by atoms with van der Waals surface area (Å²) in [6.07, 6.45) is 5.65. The fourth-order valence-electron chi connectivity index (χ4n) is 3.06. The molecule has 0 bridgehead atoms. The molecule has 120 valence electrons. The lowest BCUT2D eigenvalue weighted by molar-refractivity contribution is 0.0930. The summed E-state index contributed by atoms with van der Waals surface area (Å²) >= 11 is 0. The Morgan fingerprint density at radius 3 is 3.00 bits per heavy atom. The van der Waals surface area contributed by atoms with Crippen molar-refractivity contribution >= 4 is 5.91 Å². The maximum atomic E-state index is 12.7. The molecule has 0 aromatic carbocycles. The molecule has 1 unspecified atom stereocenters. The van der Waals surface area contributed by atoms with E-state index in [-0.39, 0.29) is 23.4 Å². The van der Waals surface area contributed by atoms with Crippen LogP contribution in [0.5, 0.6) is 0 Å². The number of aromatic nitrogens is 3. The molecule has 3 rings (SSSR count). The molecule has 0 fully saturated rings. The van der Waals surface area contributed by atoms with Crippen molar-refractivity contribution in [3.8, 4) is 0 Å². The van der Waals surface area contributed by atoms with E-state index in [4.69, 9.17) is 0 Å². The second-order valence-electron chi connectivity index (χ2n) is 6.15. The van der Waals surface area contributed by atoms with Gasteiger partial charge >= 0.3 is 0 Å². The molecule has 1 aliphatic rings. The van der Waals surface area contributed by atoms with Crippen LogP contribution in [0.1, 0.15) is 66.0 Å². The van der Waals surface area contributed by atoms with Crippen molar-refractivity contribution in [2.24, 2.45) is 0 Å². The van der Waals surface area contributed by atoms with E-state index < -0.39 is 0 Å². The van der Waals surface area contributed by atoms with E-state index in [9.17, 15) is 9.59 Å². The van der Waals surface area contributed by atoms with Crippen LogP contribution in [0.25, 0.3) is 0 Å². The number of hydrogen-bond acceptors (Lipinski definition) is 4. The molecular formula is C17H20N4O2. The SMILES string of the molecule is CC(C)c1ncncc1C(=O)NC1CCCc2[nH]c(=O)ccc21. The number of carbonyl (C=O) groups is 1. The van der Waals surface area contributed by atoms with Gasteiger partial charge in [0.1, 0.15) is 6.33 Å². The Morgan fingerprint density at radius 2 is 2.22 bits per heavy atom. The van der Waals surface area contributed by atoms with Gasteiger partial charge in [0.05, 0.1) is 17.3 Å². The summed E-state index contributed by atoms with van der Waals surface area (Å²) in [6.45, 7) is 4.00. The van der Waals surface area contributed by atoms with Crippen LogP contribution in [-0.4, -0.2) is 20.9 Å². The lowest BCUT2D eigenvalue weighted by Gasteiger charge is -2.26. The van der Waals surface area contributed by atoms with Crippen molar-refractivity contribution in [2.45, 2.75) is 45.1 Å². The molecule has 1 amide bonds. The minimum Gasteiger partial charge on any atom is -0.345 e. The van der Waals surface area contributed by atoms with E-state index in [1.807, 2.05) is 19.9 Å². The number of fused-ring (bicyclic) bond motifs is 1. The molecule has 0 radical (unpaired) electrons. The molecule has 1 atom stereocenters. The van der Waals surface area contributed by atoms with E-state index >= 15 is 0 Å². The first kappa shape index (κ1) is 15.4. The van der Waals surface area contributed by atoms with Gasteiger partial charge in [-0.2, -0.15) is 0 Å². The van der Waals surface area contributed by atoms with Crippen molar-refractivity contribution in [3.63, 3.8) is 0 Å². The Hall–Kier alpha value is -2.50. The number of aryl methyl sites for hydroxylation is 1. The lowest BCUT2D eigenvalue weighted by atomic mass is 9.91. The molecule has 0 saturated heterocycles. The number of hydrogen-bond donors (Lipinski definition) is 2. The van der Waals surface area contributed by atoms with Gasteiger partial charge in [-0.15, -0.1) is 0 Å². The van der Waals surface area contributed by atoms with Crippen LogP contribution in [0.15, 0.2) is 29.5 Å². The van der Waals surface area contributed by atoms with Crippen molar-refractivity contribution in [3.05, 3.63) is 57.5 Å². The van der Waals surface area contributed by atoms with E-state index in [1.165, 1.54) is 12.4 Å². The van der Waals surface area contributed by atoms with Gasteiger partial charge in [0.2, 0.25) is 5.56 Å². The second-order valence-corrected chi connectivity index (χ2v) is 6.15. The molecule has 0 saturated carbocycles. The van der Waals surface area contributed by atoms with E-state index in [1.54, 1.807) is 6.20 Å². The highest BCUT2D eigenvalue weighted by atomic mass is 16.1. The number of nitrogens with zero attached hydrogens (tertiary/aromatic N) is 2. The van der Waals surface area contributed by atoms with Crippen molar-refractivity contribution in [2.75, 3.05) is 0 Å². The first-order valence-electron chi connectivity index (χ1n) is 7.89. The molecule has 1 aliphatic carbocycles. The molecular weight excluding hydrogens is 292 g/mol. The fraction of sp³-hybridized carbons (Fsp3) is 0.412. The van der Waals surface area contributed by atoms with Gasteiger partial charge in [0, 0.05) is 18.0 Å². The molecule has 6 nitrogen and oxygen atoms in total. The molecule has 6 heteroatoms. The van der Waals surface area contributed by atoms with Crippen LogP contribution in [-0.2, 0) is 6.42 Å². The van der Waals surface area contributed by atoms with Gasteiger partial charge in [-0.3, -0.25) is 9.59 Å². The van der Waals surface area contributed by atoms with Gasteiger partial charge in [-0.1, -0.05) is 13.8 Å². The molecule has 0 aliphatic heterocycles. The molecule has 2 aromatic rings. The highest BCUT2D eigenvalue weighted by molar-refractivity contribution is 5.95. The number of pyridine rings is 1. The highest BCUT2D eigenvalue weighted by Gasteiger charge is 2.24. The maximum Gasteiger partial charge on any atom is 0.255 e. The minimum absolute atomic E-state index is 0.0941. The zero-order valence-corrected chi connectivity index (χ0v) is 13.3. The predicted molar refractivity (Wildman–Crippen MR) is 86.3 cm³/mol. The standard InChI is InChI=1S/C17H20N4O2/c1-10(2)16-12(8-18-9-19-16)17(23)21-14-5-3-4-13-11(14)6-7-15(22)20-13/h6-10,14H,3-5H2,1-2H3,(H,20,22)(H,21,23). The Bertz CT molecular complexity index is 782. The average molecular weight is 312 g/mol. The van der Waals surface area contributed by atoms with Crippen LogP contribution >= 0.6 is 0 Å². The average Bonchev–Trinajstić information content (AvgIpc) is 2.54.